The van der Waals surface area contributed by atoms with Gasteiger partial charge in [-0.2, -0.15) is 0 Å². The normalized spacial score (nSPS) is 15.7. The van der Waals surface area contributed by atoms with E-state index in [-0.39, 0.29) is 10.7 Å². The van der Waals surface area contributed by atoms with Gasteiger partial charge in [-0.25, -0.2) is 0 Å². The first-order valence-electron chi connectivity index (χ1n) is 8.32. The first kappa shape index (κ1) is 18.6. The number of methoxy groups -OCH3 is 1. The molecule has 2 aromatic carbocycles. The SMILES string of the molecule is CCOc1ccc(N2C(=O)/C(=C/c3ccccc3OC)C(=O)NC2=S)cc1. The molecule has 0 radical (unpaired) electrons. The summed E-state index contributed by atoms with van der Waals surface area (Å²) in [4.78, 5) is 26.6. The van der Waals surface area contributed by atoms with Crippen molar-refractivity contribution in [1.82, 2.24) is 5.32 Å². The number of anilines is 1. The quantitative estimate of drug-likeness (QED) is 0.489. The van der Waals surface area contributed by atoms with Crippen molar-refractivity contribution in [2.75, 3.05) is 18.6 Å². The van der Waals surface area contributed by atoms with E-state index in [0.717, 1.165) is 0 Å². The van der Waals surface area contributed by atoms with Crippen LogP contribution < -0.4 is 19.7 Å². The highest BCUT2D eigenvalue weighted by Gasteiger charge is 2.34. The van der Waals surface area contributed by atoms with Crippen LogP contribution in [0.25, 0.3) is 6.08 Å². The zero-order chi connectivity index (χ0) is 19.4. The Hall–Kier alpha value is -3.19. The van der Waals surface area contributed by atoms with Crippen LogP contribution in [0.15, 0.2) is 54.1 Å². The molecule has 1 N–H and O–H groups in total. The molecular weight excluding hydrogens is 364 g/mol. The summed E-state index contributed by atoms with van der Waals surface area (Å²) in [6.45, 7) is 2.43. The zero-order valence-electron chi connectivity index (χ0n) is 14.9. The van der Waals surface area contributed by atoms with E-state index in [1.54, 1.807) is 42.5 Å². The number of thiocarbonyl (C=S) groups is 1. The number of carbonyl (C=O) groups excluding carboxylic acids is 2. The van der Waals surface area contributed by atoms with E-state index >= 15 is 0 Å². The van der Waals surface area contributed by atoms with Gasteiger partial charge in [0.05, 0.1) is 19.4 Å². The van der Waals surface area contributed by atoms with Gasteiger partial charge in [-0.05, 0) is 55.5 Å². The van der Waals surface area contributed by atoms with Gasteiger partial charge in [0.15, 0.2) is 5.11 Å². The molecule has 1 fully saturated rings. The molecule has 0 bridgehead atoms. The highest BCUT2D eigenvalue weighted by Crippen LogP contribution is 2.26. The average Bonchev–Trinajstić information content (AvgIpc) is 2.67. The van der Waals surface area contributed by atoms with Crippen LogP contribution in [-0.2, 0) is 9.59 Å². The van der Waals surface area contributed by atoms with Crippen LogP contribution in [0.1, 0.15) is 12.5 Å². The maximum atomic E-state index is 13.0. The van der Waals surface area contributed by atoms with E-state index in [9.17, 15) is 9.59 Å². The van der Waals surface area contributed by atoms with Gasteiger partial charge in [-0.1, -0.05) is 18.2 Å². The molecule has 138 valence electrons. The van der Waals surface area contributed by atoms with Crippen molar-refractivity contribution in [3.05, 3.63) is 59.7 Å². The highest BCUT2D eigenvalue weighted by atomic mass is 32.1. The number of ether oxygens (including phenoxy) is 2. The fourth-order valence-corrected chi connectivity index (χ4v) is 2.97. The fourth-order valence-electron chi connectivity index (χ4n) is 2.69. The lowest BCUT2D eigenvalue weighted by Crippen LogP contribution is -2.54. The Kier molecular flexibility index (Phi) is 5.52. The second-order valence-corrected chi connectivity index (χ2v) is 6.01. The Bertz CT molecular complexity index is 922. The Balaban J connectivity index is 1.97. The van der Waals surface area contributed by atoms with E-state index in [2.05, 4.69) is 5.32 Å². The van der Waals surface area contributed by atoms with E-state index in [1.165, 1.54) is 18.1 Å². The van der Waals surface area contributed by atoms with Crippen molar-refractivity contribution >= 4 is 40.9 Å². The monoisotopic (exact) mass is 382 g/mol. The van der Waals surface area contributed by atoms with E-state index in [1.807, 2.05) is 13.0 Å². The molecule has 1 aliphatic rings. The van der Waals surface area contributed by atoms with Crippen molar-refractivity contribution in [2.45, 2.75) is 6.92 Å². The maximum Gasteiger partial charge on any atom is 0.270 e. The summed E-state index contributed by atoms with van der Waals surface area (Å²) >= 11 is 5.20. The third kappa shape index (κ3) is 3.83. The predicted octanol–water partition coefficient (Wildman–Crippen LogP) is 2.93. The highest BCUT2D eigenvalue weighted by molar-refractivity contribution is 7.80. The van der Waals surface area contributed by atoms with Crippen molar-refractivity contribution < 1.29 is 19.1 Å². The minimum absolute atomic E-state index is 0.0259. The largest absolute Gasteiger partial charge is 0.496 e. The minimum atomic E-state index is -0.543. The van der Waals surface area contributed by atoms with Gasteiger partial charge in [-0.3, -0.25) is 19.8 Å². The lowest BCUT2D eigenvalue weighted by Gasteiger charge is -2.29. The van der Waals surface area contributed by atoms with Gasteiger partial charge in [-0.15, -0.1) is 0 Å². The molecule has 3 rings (SSSR count). The molecule has 6 nitrogen and oxygen atoms in total. The predicted molar refractivity (Wildman–Crippen MR) is 107 cm³/mol. The minimum Gasteiger partial charge on any atom is -0.496 e. The summed E-state index contributed by atoms with van der Waals surface area (Å²) in [5.74, 6) is 0.203. The number of carbonyl (C=O) groups is 2. The van der Waals surface area contributed by atoms with Gasteiger partial charge in [0.2, 0.25) is 0 Å². The number of nitrogens with zero attached hydrogens (tertiary/aromatic N) is 1. The molecule has 2 amide bonds. The first-order chi connectivity index (χ1) is 13.0. The second-order valence-electron chi connectivity index (χ2n) is 5.63. The van der Waals surface area contributed by atoms with Gasteiger partial charge in [0.1, 0.15) is 17.1 Å². The van der Waals surface area contributed by atoms with Gasteiger partial charge < -0.3 is 9.47 Å². The first-order valence-corrected chi connectivity index (χ1v) is 8.73. The molecule has 7 heteroatoms. The Morgan fingerprint density at radius 3 is 2.48 bits per heavy atom. The molecule has 0 spiro atoms. The second kappa shape index (κ2) is 8.01. The standard InChI is InChI=1S/C20H18N2O4S/c1-3-26-15-10-8-14(9-11-15)22-19(24)16(18(23)21-20(22)27)12-13-6-4-5-7-17(13)25-2/h4-12H,3H2,1-2H3,(H,21,23,27)/b16-12+. The average molecular weight is 382 g/mol. The van der Waals surface area contributed by atoms with Crippen LogP contribution in [0.2, 0.25) is 0 Å². The Morgan fingerprint density at radius 1 is 1.11 bits per heavy atom. The number of rotatable bonds is 5. The number of para-hydroxylation sites is 1. The van der Waals surface area contributed by atoms with E-state index < -0.39 is 11.8 Å². The summed E-state index contributed by atoms with van der Waals surface area (Å²) < 4.78 is 10.7. The third-order valence-electron chi connectivity index (χ3n) is 3.95. The van der Waals surface area contributed by atoms with Crippen LogP contribution in [0.4, 0.5) is 5.69 Å². The number of hydrogen-bond donors (Lipinski definition) is 1. The molecule has 0 aromatic heterocycles. The topological polar surface area (TPSA) is 67.9 Å². The smallest absolute Gasteiger partial charge is 0.270 e. The Morgan fingerprint density at radius 2 is 1.81 bits per heavy atom. The maximum absolute atomic E-state index is 13.0. The zero-order valence-corrected chi connectivity index (χ0v) is 15.7. The molecule has 0 aliphatic carbocycles. The third-order valence-corrected chi connectivity index (χ3v) is 4.23. The molecule has 1 saturated heterocycles. The van der Waals surface area contributed by atoms with E-state index in [4.69, 9.17) is 21.7 Å². The molecule has 0 saturated carbocycles. The van der Waals surface area contributed by atoms with Crippen LogP contribution in [-0.4, -0.2) is 30.6 Å². The van der Waals surface area contributed by atoms with Crippen molar-refractivity contribution in [2.24, 2.45) is 0 Å². The number of hydrogen-bond acceptors (Lipinski definition) is 5. The summed E-state index contributed by atoms with van der Waals surface area (Å²) in [7, 11) is 1.53. The van der Waals surface area contributed by atoms with Crippen LogP contribution in [0.3, 0.4) is 0 Å². The number of amides is 2. The van der Waals surface area contributed by atoms with Gasteiger partial charge >= 0.3 is 0 Å². The van der Waals surface area contributed by atoms with Crippen LogP contribution in [0.5, 0.6) is 11.5 Å². The summed E-state index contributed by atoms with van der Waals surface area (Å²) in [5, 5.41) is 2.60. The summed E-state index contributed by atoms with van der Waals surface area (Å²) in [5.41, 5.74) is 1.14. The molecule has 1 heterocycles. The number of benzene rings is 2. The van der Waals surface area contributed by atoms with Crippen LogP contribution >= 0.6 is 12.2 Å². The van der Waals surface area contributed by atoms with E-state index in [0.29, 0.717) is 29.4 Å². The fraction of sp³-hybridized carbons (Fsp3) is 0.150. The molecule has 0 atom stereocenters. The molecule has 0 unspecified atom stereocenters. The summed E-state index contributed by atoms with van der Waals surface area (Å²) in [6.07, 6.45) is 1.50. The summed E-state index contributed by atoms with van der Waals surface area (Å²) in [6, 6.07) is 14.1. The van der Waals surface area contributed by atoms with Crippen molar-refractivity contribution in [1.29, 1.82) is 0 Å². The molecule has 27 heavy (non-hydrogen) atoms. The van der Waals surface area contributed by atoms with Crippen LogP contribution in [0, 0.1) is 0 Å². The molecule has 2 aromatic rings. The molecular formula is C20H18N2O4S. The number of nitrogens with one attached hydrogen (secondary N) is 1. The molecule has 1 aliphatic heterocycles. The Labute approximate surface area is 162 Å². The van der Waals surface area contributed by atoms with Gasteiger partial charge in [0.25, 0.3) is 11.8 Å². The van der Waals surface area contributed by atoms with Crippen molar-refractivity contribution in [3.63, 3.8) is 0 Å². The van der Waals surface area contributed by atoms with Gasteiger partial charge in [0, 0.05) is 5.56 Å². The lowest BCUT2D eigenvalue weighted by molar-refractivity contribution is -0.122. The lowest BCUT2D eigenvalue weighted by atomic mass is 10.1. The van der Waals surface area contributed by atoms with Crippen molar-refractivity contribution in [3.8, 4) is 11.5 Å².